The normalized spacial score (nSPS) is 15.9. The molecule has 3 aromatic rings. The monoisotopic (exact) mass is 444 g/mol. The molecule has 0 radical (unpaired) electrons. The Balaban J connectivity index is 1.43. The van der Waals surface area contributed by atoms with Crippen molar-refractivity contribution in [3.8, 4) is 11.4 Å². The van der Waals surface area contributed by atoms with E-state index in [1.54, 1.807) is 24.3 Å². The van der Waals surface area contributed by atoms with Crippen molar-refractivity contribution in [2.75, 3.05) is 17.7 Å². The van der Waals surface area contributed by atoms with E-state index in [0.29, 0.717) is 23.3 Å². The van der Waals surface area contributed by atoms with Crippen LogP contribution in [0.2, 0.25) is 0 Å². The fraction of sp³-hybridized carbons (Fsp3) is 0.318. The van der Waals surface area contributed by atoms with Gasteiger partial charge in [-0.05, 0) is 49.2 Å². The van der Waals surface area contributed by atoms with Gasteiger partial charge in [-0.3, -0.25) is 9.36 Å². The molecule has 2 aromatic carbocycles. The number of carbonyl (C=O) groups is 1. The maximum absolute atomic E-state index is 13.7. The van der Waals surface area contributed by atoms with Gasteiger partial charge >= 0.3 is 0 Å². The van der Waals surface area contributed by atoms with Crippen molar-refractivity contribution in [3.63, 3.8) is 0 Å². The topological polar surface area (TPSA) is 69.0 Å². The largest absolute Gasteiger partial charge is 0.376 e. The molecular weight excluding hydrogens is 422 g/mol. The summed E-state index contributed by atoms with van der Waals surface area (Å²) in [7, 11) is 0. The van der Waals surface area contributed by atoms with Gasteiger partial charge in [0.1, 0.15) is 11.6 Å². The van der Waals surface area contributed by atoms with E-state index in [0.717, 1.165) is 25.0 Å². The highest BCUT2D eigenvalue weighted by molar-refractivity contribution is 7.99. The number of hydrogen-bond acceptors (Lipinski definition) is 5. The summed E-state index contributed by atoms with van der Waals surface area (Å²) < 4.78 is 34.8. The van der Waals surface area contributed by atoms with Crippen LogP contribution in [-0.2, 0) is 16.1 Å². The van der Waals surface area contributed by atoms with Crippen LogP contribution < -0.4 is 5.32 Å². The first-order chi connectivity index (χ1) is 15.1. The minimum atomic E-state index is -0.469. The molecule has 1 aliphatic heterocycles. The number of rotatable bonds is 8. The Morgan fingerprint density at radius 3 is 2.71 bits per heavy atom. The van der Waals surface area contributed by atoms with Crippen molar-refractivity contribution in [1.29, 1.82) is 0 Å². The Hall–Kier alpha value is -2.78. The Labute approximate surface area is 183 Å². The molecule has 0 aliphatic carbocycles. The van der Waals surface area contributed by atoms with E-state index in [9.17, 15) is 13.6 Å². The summed E-state index contributed by atoms with van der Waals surface area (Å²) in [4.78, 5) is 12.2. The number of para-hydroxylation sites is 1. The van der Waals surface area contributed by atoms with Gasteiger partial charge in [0.25, 0.3) is 0 Å². The average molecular weight is 445 g/mol. The molecule has 1 unspecified atom stereocenters. The molecule has 0 bridgehead atoms. The van der Waals surface area contributed by atoms with Gasteiger partial charge in [-0.15, -0.1) is 10.2 Å². The fourth-order valence-electron chi connectivity index (χ4n) is 3.37. The van der Waals surface area contributed by atoms with Crippen molar-refractivity contribution in [2.45, 2.75) is 37.1 Å². The molecule has 1 fully saturated rings. The minimum absolute atomic E-state index is 0.0684. The maximum atomic E-state index is 13.7. The van der Waals surface area contributed by atoms with E-state index in [-0.39, 0.29) is 29.9 Å². The molecule has 6 nitrogen and oxygen atoms in total. The van der Waals surface area contributed by atoms with Crippen LogP contribution in [0.3, 0.4) is 0 Å². The van der Waals surface area contributed by atoms with Gasteiger partial charge in [0.2, 0.25) is 5.91 Å². The van der Waals surface area contributed by atoms with E-state index >= 15 is 0 Å². The highest BCUT2D eigenvalue weighted by atomic mass is 32.2. The smallest absolute Gasteiger partial charge is 0.225 e. The molecule has 9 heteroatoms. The number of nitrogens with one attached hydrogen (secondary N) is 1. The summed E-state index contributed by atoms with van der Waals surface area (Å²) in [6.45, 7) is 1.32. The Kier molecular flexibility index (Phi) is 6.93. The third kappa shape index (κ3) is 5.48. The lowest BCUT2D eigenvalue weighted by Gasteiger charge is -2.14. The number of amides is 1. The van der Waals surface area contributed by atoms with Crippen LogP contribution in [0.4, 0.5) is 14.5 Å². The molecule has 31 heavy (non-hydrogen) atoms. The van der Waals surface area contributed by atoms with Crippen LogP contribution in [0.1, 0.15) is 19.3 Å². The fourth-order valence-corrected chi connectivity index (χ4v) is 4.26. The van der Waals surface area contributed by atoms with Gasteiger partial charge in [-0.2, -0.15) is 0 Å². The minimum Gasteiger partial charge on any atom is -0.376 e. The second kappa shape index (κ2) is 10.0. The van der Waals surface area contributed by atoms with Gasteiger partial charge in [0.15, 0.2) is 11.0 Å². The van der Waals surface area contributed by atoms with Crippen LogP contribution >= 0.6 is 11.8 Å². The van der Waals surface area contributed by atoms with Crippen LogP contribution in [-0.4, -0.2) is 39.1 Å². The number of aromatic nitrogens is 3. The number of carbonyl (C=O) groups excluding carboxylic acids is 1. The maximum Gasteiger partial charge on any atom is 0.225 e. The molecular formula is C22H22F2N4O2S. The molecule has 1 aliphatic rings. The molecule has 2 heterocycles. The number of benzene rings is 2. The zero-order valence-corrected chi connectivity index (χ0v) is 17.6. The predicted octanol–water partition coefficient (Wildman–Crippen LogP) is 4.52. The summed E-state index contributed by atoms with van der Waals surface area (Å²) in [5, 5.41) is 11.8. The van der Waals surface area contributed by atoms with Crippen molar-refractivity contribution in [1.82, 2.24) is 14.8 Å². The molecule has 1 amide bonds. The van der Waals surface area contributed by atoms with Gasteiger partial charge < -0.3 is 10.1 Å². The van der Waals surface area contributed by atoms with E-state index in [2.05, 4.69) is 15.5 Å². The van der Waals surface area contributed by atoms with Gasteiger partial charge in [0, 0.05) is 24.3 Å². The first-order valence-electron chi connectivity index (χ1n) is 10.1. The lowest BCUT2D eigenvalue weighted by molar-refractivity contribution is -0.115. The molecule has 162 valence electrons. The summed E-state index contributed by atoms with van der Waals surface area (Å²) in [5.74, 6) is 0.0244. The standard InChI is InChI=1S/C22H22F2N4O2S/c23-16-9-7-15(8-10-16)21-26-27-22(28(21)14-17-4-3-12-30-17)31-13-11-20(29)25-19-6-2-1-5-18(19)24/h1-2,5-10,17H,3-4,11-14H2,(H,25,29). The first-order valence-corrected chi connectivity index (χ1v) is 11.1. The lowest BCUT2D eigenvalue weighted by Crippen LogP contribution is -2.17. The van der Waals surface area contributed by atoms with Gasteiger partial charge in [-0.1, -0.05) is 23.9 Å². The zero-order valence-electron chi connectivity index (χ0n) is 16.8. The van der Waals surface area contributed by atoms with E-state index in [1.807, 2.05) is 4.57 Å². The van der Waals surface area contributed by atoms with Crippen LogP contribution in [0.25, 0.3) is 11.4 Å². The molecule has 4 rings (SSSR count). The summed E-state index contributed by atoms with van der Waals surface area (Å²) >= 11 is 1.40. The van der Waals surface area contributed by atoms with E-state index < -0.39 is 5.82 Å². The van der Waals surface area contributed by atoms with Crippen molar-refractivity contribution < 1.29 is 18.3 Å². The van der Waals surface area contributed by atoms with E-state index in [4.69, 9.17) is 4.74 Å². The van der Waals surface area contributed by atoms with Crippen LogP contribution in [0.15, 0.2) is 53.7 Å². The highest BCUT2D eigenvalue weighted by Crippen LogP contribution is 2.27. The van der Waals surface area contributed by atoms with E-state index in [1.165, 1.54) is 36.0 Å². The summed E-state index contributed by atoms with van der Waals surface area (Å²) in [6.07, 6.45) is 2.23. The highest BCUT2D eigenvalue weighted by Gasteiger charge is 2.22. The number of thioether (sulfide) groups is 1. The van der Waals surface area contributed by atoms with Crippen molar-refractivity contribution in [3.05, 3.63) is 60.2 Å². The molecule has 1 saturated heterocycles. The Morgan fingerprint density at radius 2 is 1.97 bits per heavy atom. The zero-order chi connectivity index (χ0) is 21.6. The average Bonchev–Trinajstić information content (AvgIpc) is 3.41. The molecule has 0 saturated carbocycles. The second-order valence-electron chi connectivity index (χ2n) is 7.19. The predicted molar refractivity (Wildman–Crippen MR) is 115 cm³/mol. The quantitative estimate of drug-likeness (QED) is 0.517. The van der Waals surface area contributed by atoms with Gasteiger partial charge in [-0.25, -0.2) is 8.78 Å². The number of ether oxygens (including phenoxy) is 1. The molecule has 1 aromatic heterocycles. The van der Waals surface area contributed by atoms with Crippen LogP contribution in [0, 0.1) is 11.6 Å². The molecule has 1 atom stereocenters. The summed E-state index contributed by atoms with van der Waals surface area (Å²) in [5.41, 5.74) is 0.925. The van der Waals surface area contributed by atoms with Crippen LogP contribution in [0.5, 0.6) is 0 Å². The lowest BCUT2D eigenvalue weighted by atomic mass is 10.2. The van der Waals surface area contributed by atoms with Crippen molar-refractivity contribution >= 4 is 23.4 Å². The van der Waals surface area contributed by atoms with Crippen molar-refractivity contribution in [2.24, 2.45) is 0 Å². The number of anilines is 1. The first kappa shape index (κ1) is 21.5. The Bertz CT molecular complexity index is 1040. The molecule has 0 spiro atoms. The number of hydrogen-bond donors (Lipinski definition) is 1. The molecule has 1 N–H and O–H groups in total. The van der Waals surface area contributed by atoms with Gasteiger partial charge in [0.05, 0.1) is 18.3 Å². The Morgan fingerprint density at radius 1 is 1.16 bits per heavy atom. The SMILES string of the molecule is O=C(CCSc1nnc(-c2ccc(F)cc2)n1CC1CCCO1)Nc1ccccc1F. The summed E-state index contributed by atoms with van der Waals surface area (Å²) in [6, 6.07) is 12.2. The third-order valence-electron chi connectivity index (χ3n) is 4.94. The number of nitrogens with zero attached hydrogens (tertiary/aromatic N) is 3. The number of halogens is 2. The second-order valence-corrected chi connectivity index (χ2v) is 8.25. The third-order valence-corrected chi connectivity index (χ3v) is 5.91.